The third-order valence-corrected chi connectivity index (χ3v) is 4.48. The second-order valence-electron chi connectivity index (χ2n) is 5.18. The highest BCUT2D eigenvalue weighted by atomic mass is 79.9. The monoisotopic (exact) mass is 362 g/mol. The summed E-state index contributed by atoms with van der Waals surface area (Å²) in [5, 5.41) is 2.63. The van der Waals surface area contributed by atoms with Crippen LogP contribution in [0, 0.1) is 0 Å². The van der Waals surface area contributed by atoms with E-state index in [2.05, 4.69) is 21.2 Å². The zero-order chi connectivity index (χ0) is 15.6. The number of hydrogen-bond donors (Lipinski definition) is 2. The van der Waals surface area contributed by atoms with Crippen LogP contribution in [-0.2, 0) is 20.2 Å². The minimum absolute atomic E-state index is 0.116. The van der Waals surface area contributed by atoms with E-state index in [1.54, 1.807) is 38.1 Å². The van der Waals surface area contributed by atoms with E-state index in [0.29, 0.717) is 5.56 Å². The number of nitrogens with one attached hydrogen (secondary N) is 1. The van der Waals surface area contributed by atoms with Crippen LogP contribution in [0.25, 0.3) is 0 Å². The summed E-state index contributed by atoms with van der Waals surface area (Å²) in [5.41, 5.74) is 5.51. The molecule has 1 amide bonds. The van der Waals surface area contributed by atoms with E-state index in [4.69, 9.17) is 5.73 Å². The second kappa shape index (κ2) is 6.24. The summed E-state index contributed by atoms with van der Waals surface area (Å²) < 4.78 is 23.3. The summed E-state index contributed by atoms with van der Waals surface area (Å²) >= 11 is 3.31. The predicted octanol–water partition coefficient (Wildman–Crippen LogP) is 1.17. The fourth-order valence-corrected chi connectivity index (χ4v) is 3.05. The number of carbonyl (C=O) groups excluding carboxylic acids is 1. The molecule has 5 nitrogen and oxygen atoms in total. The first kappa shape index (κ1) is 17.1. The first-order valence-corrected chi connectivity index (χ1v) is 8.91. The number of benzene rings is 1. The van der Waals surface area contributed by atoms with Crippen LogP contribution >= 0.6 is 15.9 Å². The van der Waals surface area contributed by atoms with E-state index in [9.17, 15) is 13.2 Å². The number of halogens is 1. The fourth-order valence-electron chi connectivity index (χ4n) is 1.80. The fraction of sp³-hybridized carbons (Fsp3) is 0.462. The Hall–Kier alpha value is -0.920. The van der Waals surface area contributed by atoms with Crippen molar-refractivity contribution in [3.05, 3.63) is 34.3 Å². The lowest BCUT2D eigenvalue weighted by Crippen LogP contribution is -2.52. The van der Waals surface area contributed by atoms with Gasteiger partial charge in [0.15, 0.2) is 0 Å². The maximum atomic E-state index is 12.2. The highest BCUT2D eigenvalue weighted by Crippen LogP contribution is 2.20. The van der Waals surface area contributed by atoms with Crippen LogP contribution in [0.1, 0.15) is 19.4 Å². The summed E-state index contributed by atoms with van der Waals surface area (Å²) in [4.78, 5) is 12.2. The van der Waals surface area contributed by atoms with Gasteiger partial charge in [-0.3, -0.25) is 4.79 Å². The maximum Gasteiger partial charge on any atom is 0.244 e. The zero-order valence-corrected chi connectivity index (χ0v) is 14.1. The van der Waals surface area contributed by atoms with E-state index in [-0.39, 0.29) is 5.75 Å². The lowest BCUT2D eigenvalue weighted by molar-refractivity contribution is -0.126. The second-order valence-corrected chi connectivity index (χ2v) is 8.28. The summed E-state index contributed by atoms with van der Waals surface area (Å²) in [6, 6.07) is 6.62. The molecule has 0 aromatic heterocycles. The third-order valence-electron chi connectivity index (χ3n) is 2.85. The van der Waals surface area contributed by atoms with Crippen molar-refractivity contribution in [2.75, 3.05) is 12.0 Å². The molecule has 112 valence electrons. The molecule has 0 bridgehead atoms. The Morgan fingerprint density at radius 2 is 1.90 bits per heavy atom. The molecule has 0 spiro atoms. The predicted molar refractivity (Wildman–Crippen MR) is 83.0 cm³/mol. The van der Waals surface area contributed by atoms with Crippen molar-refractivity contribution in [3.8, 4) is 0 Å². The minimum atomic E-state index is -3.15. The largest absolute Gasteiger partial charge is 0.351 e. The van der Waals surface area contributed by atoms with Gasteiger partial charge in [-0.05, 0) is 31.5 Å². The Morgan fingerprint density at radius 3 is 2.35 bits per heavy atom. The van der Waals surface area contributed by atoms with Gasteiger partial charge in [0.1, 0.15) is 15.4 Å². The van der Waals surface area contributed by atoms with Gasteiger partial charge in [0, 0.05) is 16.8 Å². The van der Waals surface area contributed by atoms with E-state index in [0.717, 1.165) is 10.7 Å². The van der Waals surface area contributed by atoms with Crippen LogP contribution in [0.15, 0.2) is 28.7 Å². The van der Waals surface area contributed by atoms with Crippen LogP contribution in [0.2, 0.25) is 0 Å². The minimum Gasteiger partial charge on any atom is -0.351 e. The van der Waals surface area contributed by atoms with Gasteiger partial charge in [0.25, 0.3) is 0 Å². The lowest BCUT2D eigenvalue weighted by atomic mass is 9.92. The van der Waals surface area contributed by atoms with Gasteiger partial charge in [-0.1, -0.05) is 28.1 Å². The van der Waals surface area contributed by atoms with Crippen molar-refractivity contribution in [2.24, 2.45) is 5.73 Å². The van der Waals surface area contributed by atoms with Gasteiger partial charge in [-0.2, -0.15) is 0 Å². The molecule has 1 aromatic carbocycles. The topological polar surface area (TPSA) is 89.3 Å². The molecule has 3 N–H and O–H groups in total. The Labute approximate surface area is 128 Å². The van der Waals surface area contributed by atoms with Gasteiger partial charge in [-0.15, -0.1) is 0 Å². The van der Waals surface area contributed by atoms with Crippen LogP contribution in [-0.4, -0.2) is 32.4 Å². The molecule has 0 aliphatic carbocycles. The third kappa shape index (κ3) is 4.88. The number of nitrogens with two attached hydrogens (primary N) is 1. The molecule has 0 aliphatic rings. The molecule has 20 heavy (non-hydrogen) atoms. The van der Waals surface area contributed by atoms with Gasteiger partial charge < -0.3 is 11.1 Å². The highest BCUT2D eigenvalue weighted by Gasteiger charge is 2.31. The molecule has 2 unspecified atom stereocenters. The number of carbonyl (C=O) groups is 1. The van der Waals surface area contributed by atoms with Crippen LogP contribution in [0.3, 0.4) is 0 Å². The standard InChI is InChI=1S/C13H19BrN2O3S/c1-9(8-20(3,18)19)16-12(17)13(2,15)10-4-6-11(14)7-5-10/h4-7,9H,8,15H2,1-3H3,(H,16,17). The molecule has 1 rings (SSSR count). The summed E-state index contributed by atoms with van der Waals surface area (Å²) in [6.45, 7) is 3.23. The van der Waals surface area contributed by atoms with Gasteiger partial charge >= 0.3 is 0 Å². The van der Waals surface area contributed by atoms with Crippen LogP contribution in [0.4, 0.5) is 0 Å². The first-order chi connectivity index (χ1) is 9.02. The molecule has 0 radical (unpaired) electrons. The van der Waals surface area contributed by atoms with Gasteiger partial charge in [0.05, 0.1) is 5.75 Å². The number of sulfone groups is 1. The Morgan fingerprint density at radius 1 is 1.40 bits per heavy atom. The van der Waals surface area contributed by atoms with Crippen LogP contribution in [0.5, 0.6) is 0 Å². The van der Waals surface area contributed by atoms with Crippen molar-refractivity contribution in [3.63, 3.8) is 0 Å². The lowest BCUT2D eigenvalue weighted by Gasteiger charge is -2.26. The molecular formula is C13H19BrN2O3S. The number of hydrogen-bond acceptors (Lipinski definition) is 4. The molecule has 1 aromatic rings. The zero-order valence-electron chi connectivity index (χ0n) is 11.7. The molecule has 2 atom stereocenters. The van der Waals surface area contributed by atoms with Crippen molar-refractivity contribution in [1.82, 2.24) is 5.32 Å². The van der Waals surface area contributed by atoms with E-state index < -0.39 is 27.3 Å². The molecule has 0 aliphatic heterocycles. The molecule has 0 heterocycles. The van der Waals surface area contributed by atoms with Crippen LogP contribution < -0.4 is 11.1 Å². The van der Waals surface area contributed by atoms with E-state index in [1.807, 2.05) is 0 Å². The Bertz CT molecular complexity index is 582. The van der Waals surface area contributed by atoms with Crippen molar-refractivity contribution in [2.45, 2.75) is 25.4 Å². The number of amides is 1. The molecular weight excluding hydrogens is 344 g/mol. The first-order valence-electron chi connectivity index (χ1n) is 6.06. The average molecular weight is 363 g/mol. The Kier molecular flexibility index (Phi) is 5.34. The van der Waals surface area contributed by atoms with Crippen molar-refractivity contribution < 1.29 is 13.2 Å². The van der Waals surface area contributed by atoms with E-state index in [1.165, 1.54) is 0 Å². The quantitative estimate of drug-likeness (QED) is 0.822. The average Bonchev–Trinajstić information content (AvgIpc) is 2.26. The SMILES string of the molecule is CC(CS(C)(=O)=O)NC(=O)C(C)(N)c1ccc(Br)cc1. The van der Waals surface area contributed by atoms with Gasteiger partial charge in [0.2, 0.25) is 5.91 Å². The van der Waals surface area contributed by atoms with Crippen molar-refractivity contribution >= 4 is 31.7 Å². The normalized spacial score (nSPS) is 16.2. The van der Waals surface area contributed by atoms with Crippen molar-refractivity contribution in [1.29, 1.82) is 0 Å². The highest BCUT2D eigenvalue weighted by molar-refractivity contribution is 9.10. The smallest absolute Gasteiger partial charge is 0.244 e. The van der Waals surface area contributed by atoms with Gasteiger partial charge in [-0.25, -0.2) is 8.42 Å². The Balaban J connectivity index is 2.82. The maximum absolute atomic E-state index is 12.2. The molecule has 0 saturated heterocycles. The summed E-state index contributed by atoms with van der Waals surface area (Å²) in [5.74, 6) is -0.522. The van der Waals surface area contributed by atoms with E-state index >= 15 is 0 Å². The molecule has 0 fully saturated rings. The molecule has 0 saturated carbocycles. The number of rotatable bonds is 5. The molecule has 7 heteroatoms. The summed E-state index contributed by atoms with van der Waals surface area (Å²) in [7, 11) is -3.15. The summed E-state index contributed by atoms with van der Waals surface area (Å²) in [6.07, 6.45) is 1.13.